The van der Waals surface area contributed by atoms with Crippen LogP contribution >= 0.6 is 0 Å². The SMILES string of the molecule is CC(=O)C(Cc1ccccc1)NC(=O)CN1CCCC1c1ccccc1. The largest absolute Gasteiger partial charge is 0.345 e. The number of carbonyl (C=O) groups is 2. The smallest absolute Gasteiger partial charge is 0.234 e. The maximum atomic E-state index is 12.6. The fraction of sp³-hybridized carbons (Fsp3) is 0.364. The molecule has 1 amide bonds. The van der Waals surface area contributed by atoms with Crippen LogP contribution in [0.25, 0.3) is 0 Å². The van der Waals surface area contributed by atoms with E-state index >= 15 is 0 Å². The van der Waals surface area contributed by atoms with Crippen molar-refractivity contribution in [3.05, 3.63) is 71.8 Å². The first-order valence-corrected chi connectivity index (χ1v) is 9.26. The van der Waals surface area contributed by atoms with E-state index in [2.05, 4.69) is 22.3 Å². The van der Waals surface area contributed by atoms with Crippen LogP contribution < -0.4 is 5.32 Å². The van der Waals surface area contributed by atoms with E-state index in [-0.39, 0.29) is 17.7 Å². The van der Waals surface area contributed by atoms with Gasteiger partial charge in [-0.1, -0.05) is 60.7 Å². The molecular formula is C22H26N2O2. The zero-order chi connectivity index (χ0) is 18.4. The number of hydrogen-bond acceptors (Lipinski definition) is 3. The van der Waals surface area contributed by atoms with Gasteiger partial charge >= 0.3 is 0 Å². The van der Waals surface area contributed by atoms with E-state index in [1.54, 1.807) is 0 Å². The molecule has 2 aromatic carbocycles. The van der Waals surface area contributed by atoms with Crippen LogP contribution in [0.4, 0.5) is 0 Å². The monoisotopic (exact) mass is 350 g/mol. The number of benzene rings is 2. The second-order valence-electron chi connectivity index (χ2n) is 6.96. The van der Waals surface area contributed by atoms with Crippen molar-refractivity contribution in [2.24, 2.45) is 0 Å². The van der Waals surface area contributed by atoms with E-state index < -0.39 is 6.04 Å². The van der Waals surface area contributed by atoms with E-state index in [0.717, 1.165) is 24.9 Å². The van der Waals surface area contributed by atoms with Crippen molar-refractivity contribution in [3.8, 4) is 0 Å². The number of Topliss-reactive ketones (excluding diaryl/α,β-unsaturated/α-hetero) is 1. The van der Waals surface area contributed by atoms with Gasteiger partial charge < -0.3 is 5.32 Å². The Morgan fingerprint density at radius 3 is 2.38 bits per heavy atom. The highest BCUT2D eigenvalue weighted by Crippen LogP contribution is 2.31. The third-order valence-corrected chi connectivity index (χ3v) is 5.00. The molecule has 0 bridgehead atoms. The van der Waals surface area contributed by atoms with Crippen molar-refractivity contribution in [2.45, 2.75) is 38.3 Å². The second kappa shape index (κ2) is 8.77. The summed E-state index contributed by atoms with van der Waals surface area (Å²) in [5.41, 5.74) is 2.31. The third-order valence-electron chi connectivity index (χ3n) is 5.00. The molecule has 0 spiro atoms. The molecule has 26 heavy (non-hydrogen) atoms. The zero-order valence-corrected chi connectivity index (χ0v) is 15.2. The van der Waals surface area contributed by atoms with Gasteiger partial charge in [0.15, 0.2) is 5.78 Å². The standard InChI is InChI=1S/C22H26N2O2/c1-17(25)20(15-18-9-4-2-5-10-18)23-22(26)16-24-14-8-13-21(24)19-11-6-3-7-12-19/h2-7,9-12,20-21H,8,13-16H2,1H3,(H,23,26). The second-order valence-corrected chi connectivity index (χ2v) is 6.96. The van der Waals surface area contributed by atoms with Gasteiger partial charge in [-0.15, -0.1) is 0 Å². The first kappa shape index (κ1) is 18.3. The third kappa shape index (κ3) is 4.79. The zero-order valence-electron chi connectivity index (χ0n) is 15.2. The summed E-state index contributed by atoms with van der Waals surface area (Å²) in [6.45, 7) is 2.78. The summed E-state index contributed by atoms with van der Waals surface area (Å²) in [4.78, 5) is 26.8. The highest BCUT2D eigenvalue weighted by atomic mass is 16.2. The molecule has 4 nitrogen and oxygen atoms in total. The van der Waals surface area contributed by atoms with Crippen LogP contribution in [-0.4, -0.2) is 35.7 Å². The predicted octanol–water partition coefficient (Wildman–Crippen LogP) is 3.14. The molecule has 2 unspecified atom stereocenters. The predicted molar refractivity (Wildman–Crippen MR) is 103 cm³/mol. The number of nitrogens with one attached hydrogen (secondary N) is 1. The van der Waals surface area contributed by atoms with Crippen molar-refractivity contribution >= 4 is 11.7 Å². The Balaban J connectivity index is 1.60. The van der Waals surface area contributed by atoms with Crippen molar-refractivity contribution in [1.29, 1.82) is 0 Å². The van der Waals surface area contributed by atoms with E-state index in [1.165, 1.54) is 12.5 Å². The van der Waals surface area contributed by atoms with Crippen molar-refractivity contribution in [3.63, 3.8) is 0 Å². The maximum absolute atomic E-state index is 12.6. The Morgan fingerprint density at radius 1 is 1.08 bits per heavy atom. The Morgan fingerprint density at radius 2 is 1.73 bits per heavy atom. The number of carbonyl (C=O) groups excluding carboxylic acids is 2. The van der Waals surface area contributed by atoms with E-state index in [0.29, 0.717) is 13.0 Å². The molecule has 0 saturated carbocycles. The van der Waals surface area contributed by atoms with Gasteiger partial charge in [0.2, 0.25) is 5.91 Å². The molecule has 0 radical (unpaired) electrons. The van der Waals surface area contributed by atoms with Crippen LogP contribution in [0.5, 0.6) is 0 Å². The van der Waals surface area contributed by atoms with Crippen LogP contribution in [0, 0.1) is 0 Å². The van der Waals surface area contributed by atoms with Crippen LogP contribution in [0.2, 0.25) is 0 Å². The summed E-state index contributed by atoms with van der Waals surface area (Å²) in [6, 6.07) is 19.9. The molecule has 3 rings (SSSR count). The normalized spacial score (nSPS) is 18.4. The molecule has 4 heteroatoms. The van der Waals surface area contributed by atoms with Gasteiger partial charge in [0.05, 0.1) is 12.6 Å². The van der Waals surface area contributed by atoms with Gasteiger partial charge in [0.25, 0.3) is 0 Å². The Bertz CT molecular complexity index is 730. The lowest BCUT2D eigenvalue weighted by atomic mass is 10.0. The molecule has 1 aliphatic rings. The fourth-order valence-corrected chi connectivity index (χ4v) is 3.64. The molecule has 2 aromatic rings. The molecule has 0 aromatic heterocycles. The minimum absolute atomic E-state index is 0.0109. The van der Waals surface area contributed by atoms with Crippen molar-refractivity contribution < 1.29 is 9.59 Å². The average Bonchev–Trinajstić information content (AvgIpc) is 3.10. The number of nitrogens with zero attached hydrogens (tertiary/aromatic N) is 1. The van der Waals surface area contributed by atoms with Crippen molar-refractivity contribution in [2.75, 3.05) is 13.1 Å². The maximum Gasteiger partial charge on any atom is 0.234 e. The highest BCUT2D eigenvalue weighted by molar-refractivity contribution is 5.88. The molecule has 136 valence electrons. The minimum Gasteiger partial charge on any atom is -0.345 e. The number of ketones is 1. The Kier molecular flexibility index (Phi) is 6.18. The average molecular weight is 350 g/mol. The van der Waals surface area contributed by atoms with E-state index in [1.807, 2.05) is 48.5 Å². The Hall–Kier alpha value is -2.46. The summed E-state index contributed by atoms with van der Waals surface area (Å²) in [7, 11) is 0. The molecule has 1 heterocycles. The summed E-state index contributed by atoms with van der Waals surface area (Å²) < 4.78 is 0. The van der Waals surface area contributed by atoms with Gasteiger partial charge in [-0.05, 0) is 43.9 Å². The summed E-state index contributed by atoms with van der Waals surface area (Å²) >= 11 is 0. The lowest BCUT2D eigenvalue weighted by Gasteiger charge is -2.25. The lowest BCUT2D eigenvalue weighted by Crippen LogP contribution is -2.45. The Labute approximate surface area is 155 Å². The molecule has 1 saturated heterocycles. The van der Waals surface area contributed by atoms with Crippen LogP contribution in [0.3, 0.4) is 0 Å². The molecule has 0 aliphatic carbocycles. The van der Waals surface area contributed by atoms with Gasteiger partial charge in [-0.25, -0.2) is 0 Å². The lowest BCUT2D eigenvalue weighted by molar-refractivity contribution is -0.127. The number of amides is 1. The highest BCUT2D eigenvalue weighted by Gasteiger charge is 2.28. The first-order chi connectivity index (χ1) is 12.6. The van der Waals surface area contributed by atoms with Crippen LogP contribution in [0.1, 0.15) is 36.9 Å². The van der Waals surface area contributed by atoms with E-state index in [9.17, 15) is 9.59 Å². The number of likely N-dealkylation sites (tertiary alicyclic amines) is 1. The minimum atomic E-state index is -0.470. The first-order valence-electron chi connectivity index (χ1n) is 9.26. The molecule has 2 atom stereocenters. The number of hydrogen-bond donors (Lipinski definition) is 1. The topological polar surface area (TPSA) is 49.4 Å². The van der Waals surface area contributed by atoms with Gasteiger partial charge in [0.1, 0.15) is 0 Å². The van der Waals surface area contributed by atoms with Gasteiger partial charge in [-0.2, -0.15) is 0 Å². The van der Waals surface area contributed by atoms with Crippen molar-refractivity contribution in [1.82, 2.24) is 10.2 Å². The summed E-state index contributed by atoms with van der Waals surface area (Å²) in [6.07, 6.45) is 2.69. The summed E-state index contributed by atoms with van der Waals surface area (Å²) in [5, 5.41) is 2.93. The molecule has 1 fully saturated rings. The summed E-state index contributed by atoms with van der Waals surface area (Å²) in [5.74, 6) is -0.0906. The van der Waals surface area contributed by atoms with Gasteiger partial charge in [0, 0.05) is 6.04 Å². The van der Waals surface area contributed by atoms with Crippen LogP contribution in [-0.2, 0) is 16.0 Å². The molecule has 1 N–H and O–H groups in total. The molecule has 1 aliphatic heterocycles. The molecular weight excluding hydrogens is 324 g/mol. The van der Waals surface area contributed by atoms with E-state index in [4.69, 9.17) is 0 Å². The van der Waals surface area contributed by atoms with Gasteiger partial charge in [-0.3, -0.25) is 14.5 Å². The fourth-order valence-electron chi connectivity index (χ4n) is 3.64. The quantitative estimate of drug-likeness (QED) is 0.835. The number of rotatable bonds is 7. The van der Waals surface area contributed by atoms with Crippen LogP contribution in [0.15, 0.2) is 60.7 Å².